The Labute approximate surface area is 105 Å². The summed E-state index contributed by atoms with van der Waals surface area (Å²) < 4.78 is 4.86. The van der Waals surface area contributed by atoms with Gasteiger partial charge in [0, 0.05) is 6.04 Å². The Hall–Kier alpha value is -0.610. The van der Waals surface area contributed by atoms with Crippen molar-refractivity contribution in [2.45, 2.75) is 45.2 Å². The fraction of sp³-hybridized carbons (Fsp3) is 0.923. The Morgan fingerprint density at radius 2 is 2.06 bits per heavy atom. The van der Waals surface area contributed by atoms with E-state index in [1.807, 2.05) is 0 Å². The van der Waals surface area contributed by atoms with Gasteiger partial charge >= 0.3 is 5.97 Å². The molecule has 1 N–H and O–H groups in total. The summed E-state index contributed by atoms with van der Waals surface area (Å²) in [4.78, 5) is 14.0. The first-order valence-corrected chi connectivity index (χ1v) is 6.57. The molecule has 4 nitrogen and oxygen atoms in total. The van der Waals surface area contributed by atoms with Gasteiger partial charge in [-0.2, -0.15) is 0 Å². The van der Waals surface area contributed by atoms with Gasteiger partial charge in [-0.15, -0.1) is 0 Å². The highest BCUT2D eigenvalue weighted by atomic mass is 16.5. The van der Waals surface area contributed by atoms with Gasteiger partial charge in [0.05, 0.1) is 7.11 Å². The van der Waals surface area contributed by atoms with E-state index in [2.05, 4.69) is 31.1 Å². The van der Waals surface area contributed by atoms with Crippen molar-refractivity contribution in [3.63, 3.8) is 0 Å². The van der Waals surface area contributed by atoms with Crippen LogP contribution in [0.3, 0.4) is 0 Å². The quantitative estimate of drug-likeness (QED) is 0.754. The Morgan fingerprint density at radius 3 is 2.65 bits per heavy atom. The molecule has 0 bridgehead atoms. The molecule has 1 rings (SSSR count). The summed E-state index contributed by atoms with van der Waals surface area (Å²) in [5.74, 6) is 0.126. The van der Waals surface area contributed by atoms with Crippen LogP contribution in [0.25, 0.3) is 0 Å². The number of likely N-dealkylation sites (tertiary alicyclic amines) is 1. The molecular weight excluding hydrogens is 216 g/mol. The van der Waals surface area contributed by atoms with Gasteiger partial charge in [-0.05, 0) is 45.3 Å². The lowest BCUT2D eigenvalue weighted by molar-refractivity contribution is -0.144. The molecule has 0 aromatic rings. The molecule has 0 spiro atoms. The van der Waals surface area contributed by atoms with E-state index in [4.69, 9.17) is 4.74 Å². The maximum Gasteiger partial charge on any atom is 0.323 e. The summed E-state index contributed by atoms with van der Waals surface area (Å²) in [6, 6.07) is 0.264. The van der Waals surface area contributed by atoms with E-state index in [9.17, 15) is 4.79 Å². The molecule has 2 atom stereocenters. The Bertz CT molecular complexity index is 244. The highest BCUT2D eigenvalue weighted by molar-refractivity contribution is 5.75. The van der Waals surface area contributed by atoms with Gasteiger partial charge in [-0.3, -0.25) is 4.79 Å². The zero-order valence-electron chi connectivity index (χ0n) is 11.5. The molecule has 0 amide bonds. The lowest BCUT2D eigenvalue weighted by Crippen LogP contribution is -2.47. The second-order valence-electron chi connectivity index (χ2n) is 5.34. The van der Waals surface area contributed by atoms with Gasteiger partial charge in [0.25, 0.3) is 0 Å². The van der Waals surface area contributed by atoms with Crippen LogP contribution in [0.5, 0.6) is 0 Å². The summed E-state index contributed by atoms with van der Waals surface area (Å²) in [6.07, 6.45) is 3.45. The second-order valence-corrected chi connectivity index (χ2v) is 5.34. The number of nitrogens with one attached hydrogen (secondary N) is 1. The molecule has 0 radical (unpaired) electrons. The van der Waals surface area contributed by atoms with Crippen LogP contribution in [-0.4, -0.2) is 50.2 Å². The number of hydrogen-bond acceptors (Lipinski definition) is 4. The van der Waals surface area contributed by atoms with Crippen molar-refractivity contribution >= 4 is 5.97 Å². The standard InChI is InChI=1S/C13H26N2O2/c1-10(2)12(13(16)17-4)14-11-6-5-8-15(3)9-7-11/h10-12,14H,5-9H2,1-4H3/t11?,12-/m0/s1. The van der Waals surface area contributed by atoms with E-state index < -0.39 is 0 Å². The molecule has 0 aromatic carbocycles. The highest BCUT2D eigenvalue weighted by Crippen LogP contribution is 2.13. The Kier molecular flexibility index (Phi) is 5.92. The van der Waals surface area contributed by atoms with Crippen molar-refractivity contribution in [2.24, 2.45) is 5.92 Å². The first kappa shape index (κ1) is 14.5. The number of hydrogen-bond donors (Lipinski definition) is 1. The smallest absolute Gasteiger partial charge is 0.323 e. The fourth-order valence-corrected chi connectivity index (χ4v) is 2.32. The van der Waals surface area contributed by atoms with Crippen molar-refractivity contribution in [2.75, 3.05) is 27.2 Å². The first-order chi connectivity index (χ1) is 8.04. The van der Waals surface area contributed by atoms with Crippen molar-refractivity contribution in [3.8, 4) is 0 Å². The van der Waals surface area contributed by atoms with E-state index in [1.54, 1.807) is 0 Å². The number of nitrogens with zero attached hydrogens (tertiary/aromatic N) is 1. The predicted molar refractivity (Wildman–Crippen MR) is 68.9 cm³/mol. The van der Waals surface area contributed by atoms with Gasteiger partial charge in [0.2, 0.25) is 0 Å². The number of esters is 1. The third-order valence-corrected chi connectivity index (χ3v) is 3.49. The first-order valence-electron chi connectivity index (χ1n) is 6.57. The number of methoxy groups -OCH3 is 1. The lowest BCUT2D eigenvalue weighted by Gasteiger charge is -2.25. The van der Waals surface area contributed by atoms with Gasteiger partial charge in [-0.1, -0.05) is 13.8 Å². The molecule has 100 valence electrons. The van der Waals surface area contributed by atoms with Gasteiger partial charge in [-0.25, -0.2) is 0 Å². The minimum absolute atomic E-state index is 0.141. The largest absolute Gasteiger partial charge is 0.468 e. The molecule has 1 aliphatic rings. The molecule has 1 unspecified atom stereocenters. The molecule has 1 heterocycles. The van der Waals surface area contributed by atoms with Crippen LogP contribution in [-0.2, 0) is 9.53 Å². The summed E-state index contributed by atoms with van der Waals surface area (Å²) >= 11 is 0. The zero-order valence-corrected chi connectivity index (χ0v) is 11.5. The van der Waals surface area contributed by atoms with Crippen LogP contribution in [0.1, 0.15) is 33.1 Å². The lowest BCUT2D eigenvalue weighted by atomic mass is 10.0. The van der Waals surface area contributed by atoms with E-state index in [0.717, 1.165) is 25.9 Å². The van der Waals surface area contributed by atoms with Crippen LogP contribution >= 0.6 is 0 Å². The normalized spacial score (nSPS) is 24.4. The summed E-state index contributed by atoms with van der Waals surface area (Å²) in [5, 5.41) is 3.47. The molecule has 4 heteroatoms. The van der Waals surface area contributed by atoms with Crippen LogP contribution < -0.4 is 5.32 Å². The van der Waals surface area contributed by atoms with Gasteiger partial charge in [0.15, 0.2) is 0 Å². The Morgan fingerprint density at radius 1 is 1.35 bits per heavy atom. The Balaban J connectivity index is 2.51. The second kappa shape index (κ2) is 6.97. The summed E-state index contributed by atoms with van der Waals surface area (Å²) in [6.45, 7) is 6.36. The summed E-state index contributed by atoms with van der Waals surface area (Å²) in [7, 11) is 3.61. The van der Waals surface area contributed by atoms with Crippen molar-refractivity contribution in [1.29, 1.82) is 0 Å². The molecule has 1 aliphatic heterocycles. The molecule has 0 aromatic heterocycles. The van der Waals surface area contributed by atoms with Crippen molar-refractivity contribution in [3.05, 3.63) is 0 Å². The van der Waals surface area contributed by atoms with E-state index in [-0.39, 0.29) is 17.9 Å². The third-order valence-electron chi connectivity index (χ3n) is 3.49. The van der Waals surface area contributed by atoms with Gasteiger partial charge in [0.1, 0.15) is 6.04 Å². The van der Waals surface area contributed by atoms with E-state index in [0.29, 0.717) is 6.04 Å². The summed E-state index contributed by atoms with van der Waals surface area (Å²) in [5.41, 5.74) is 0. The average Bonchev–Trinajstić information content (AvgIpc) is 2.49. The minimum atomic E-state index is -0.173. The topological polar surface area (TPSA) is 41.6 Å². The molecule has 17 heavy (non-hydrogen) atoms. The molecule has 0 saturated carbocycles. The molecule has 1 saturated heterocycles. The third kappa shape index (κ3) is 4.64. The van der Waals surface area contributed by atoms with Crippen LogP contribution in [0.15, 0.2) is 0 Å². The highest BCUT2D eigenvalue weighted by Gasteiger charge is 2.26. The van der Waals surface area contributed by atoms with Crippen molar-refractivity contribution in [1.82, 2.24) is 10.2 Å². The maximum atomic E-state index is 11.7. The van der Waals surface area contributed by atoms with E-state index in [1.165, 1.54) is 13.5 Å². The maximum absolute atomic E-state index is 11.7. The van der Waals surface area contributed by atoms with Crippen LogP contribution in [0.4, 0.5) is 0 Å². The number of carbonyl (C=O) groups excluding carboxylic acids is 1. The van der Waals surface area contributed by atoms with Crippen molar-refractivity contribution < 1.29 is 9.53 Å². The SMILES string of the molecule is COC(=O)[C@@H](NC1CCCN(C)CC1)C(C)C. The molecule has 0 aliphatic carbocycles. The van der Waals surface area contributed by atoms with Crippen LogP contribution in [0, 0.1) is 5.92 Å². The number of rotatable bonds is 4. The molecular formula is C13H26N2O2. The number of carbonyl (C=O) groups is 1. The average molecular weight is 242 g/mol. The molecule has 1 fully saturated rings. The predicted octanol–water partition coefficient (Wildman–Crippen LogP) is 1.26. The number of ether oxygens (including phenoxy) is 1. The van der Waals surface area contributed by atoms with Crippen LogP contribution in [0.2, 0.25) is 0 Å². The van der Waals surface area contributed by atoms with E-state index >= 15 is 0 Å². The minimum Gasteiger partial charge on any atom is -0.468 e. The zero-order chi connectivity index (χ0) is 12.8. The fourth-order valence-electron chi connectivity index (χ4n) is 2.32. The monoisotopic (exact) mass is 242 g/mol. The van der Waals surface area contributed by atoms with Gasteiger partial charge < -0.3 is 15.0 Å².